The monoisotopic (exact) mass is 322 g/mol. The van der Waals surface area contributed by atoms with Gasteiger partial charge in [-0.15, -0.1) is 0 Å². The summed E-state index contributed by atoms with van der Waals surface area (Å²) < 4.78 is 0. The molecule has 0 aliphatic carbocycles. The van der Waals surface area contributed by atoms with Gasteiger partial charge in [-0.2, -0.15) is 0 Å². The van der Waals surface area contributed by atoms with Gasteiger partial charge in [0, 0.05) is 11.1 Å². The van der Waals surface area contributed by atoms with Crippen LogP contribution in [0.25, 0.3) is 5.70 Å². The van der Waals surface area contributed by atoms with Crippen molar-refractivity contribution in [2.24, 2.45) is 0 Å². The van der Waals surface area contributed by atoms with E-state index < -0.39 is 0 Å². The third kappa shape index (κ3) is 3.17. The first-order chi connectivity index (χ1) is 11.2. The first-order valence-electron chi connectivity index (χ1n) is 7.67. The second-order valence-corrected chi connectivity index (χ2v) is 5.82. The molecule has 0 bridgehead atoms. The van der Waals surface area contributed by atoms with Crippen LogP contribution in [0.5, 0.6) is 0 Å². The first kappa shape index (κ1) is 15.4. The number of carbonyl (C=O) groups excluding carboxylic acids is 1. The third-order valence-corrected chi connectivity index (χ3v) is 4.13. The minimum absolute atomic E-state index is 0.0267. The van der Waals surface area contributed by atoms with Gasteiger partial charge >= 0.3 is 0 Å². The van der Waals surface area contributed by atoms with Gasteiger partial charge in [0.25, 0.3) is 0 Å². The summed E-state index contributed by atoms with van der Waals surface area (Å²) in [6.45, 7) is 2.05. The van der Waals surface area contributed by atoms with E-state index in [0.29, 0.717) is 10.7 Å². The highest BCUT2D eigenvalue weighted by atomic mass is 32.1. The predicted octanol–water partition coefficient (Wildman–Crippen LogP) is 3.54. The number of Topliss-reactive ketones (excluding diaryl/α,β-unsaturated/α-hetero) is 1. The SMILES string of the molecule is CCC1NC(=S)NC(c2ccccc2)=C1C(=O)c1ccccc1. The van der Waals surface area contributed by atoms with Crippen LogP contribution in [0.1, 0.15) is 29.3 Å². The average molecular weight is 322 g/mol. The summed E-state index contributed by atoms with van der Waals surface area (Å²) >= 11 is 5.31. The molecule has 1 aliphatic heterocycles. The quantitative estimate of drug-likeness (QED) is 0.667. The van der Waals surface area contributed by atoms with Crippen LogP contribution in [-0.2, 0) is 0 Å². The summed E-state index contributed by atoms with van der Waals surface area (Å²) in [6.07, 6.45) is 0.784. The molecule has 3 rings (SSSR count). The molecule has 0 radical (unpaired) electrons. The number of thiocarbonyl (C=S) groups is 1. The molecule has 1 atom stereocenters. The maximum Gasteiger partial charge on any atom is 0.193 e. The minimum Gasteiger partial charge on any atom is -0.355 e. The Labute approximate surface area is 141 Å². The summed E-state index contributed by atoms with van der Waals surface area (Å²) in [5.41, 5.74) is 3.19. The van der Waals surface area contributed by atoms with E-state index in [1.54, 1.807) is 0 Å². The van der Waals surface area contributed by atoms with Gasteiger partial charge in [-0.1, -0.05) is 67.6 Å². The van der Waals surface area contributed by atoms with Gasteiger partial charge in [0.2, 0.25) is 0 Å². The number of nitrogens with one attached hydrogen (secondary N) is 2. The lowest BCUT2D eigenvalue weighted by Crippen LogP contribution is -2.49. The Bertz CT molecular complexity index is 753. The Morgan fingerprint density at radius 2 is 1.65 bits per heavy atom. The zero-order valence-corrected chi connectivity index (χ0v) is 13.7. The molecule has 116 valence electrons. The minimum atomic E-state index is -0.0911. The Hall–Kier alpha value is -2.46. The average Bonchev–Trinajstić information content (AvgIpc) is 2.62. The van der Waals surface area contributed by atoms with E-state index in [1.165, 1.54) is 0 Å². The number of carbonyl (C=O) groups is 1. The molecule has 0 fully saturated rings. The molecule has 2 aromatic rings. The van der Waals surface area contributed by atoms with Crippen molar-refractivity contribution in [3.63, 3.8) is 0 Å². The molecular formula is C19H18N2OS. The highest BCUT2D eigenvalue weighted by Crippen LogP contribution is 2.26. The molecule has 3 nitrogen and oxygen atoms in total. The highest BCUT2D eigenvalue weighted by Gasteiger charge is 2.30. The fourth-order valence-corrected chi connectivity index (χ4v) is 3.02. The van der Waals surface area contributed by atoms with Gasteiger partial charge in [-0.3, -0.25) is 4.79 Å². The molecular weight excluding hydrogens is 304 g/mol. The maximum absolute atomic E-state index is 13.1. The van der Waals surface area contributed by atoms with Crippen molar-refractivity contribution >= 4 is 28.8 Å². The lowest BCUT2D eigenvalue weighted by atomic mass is 9.90. The van der Waals surface area contributed by atoms with Gasteiger partial charge in [0.15, 0.2) is 10.9 Å². The van der Waals surface area contributed by atoms with Crippen LogP contribution in [0.15, 0.2) is 66.2 Å². The van der Waals surface area contributed by atoms with E-state index in [2.05, 4.69) is 10.6 Å². The van der Waals surface area contributed by atoms with Crippen molar-refractivity contribution in [3.05, 3.63) is 77.4 Å². The van der Waals surface area contributed by atoms with E-state index in [-0.39, 0.29) is 11.8 Å². The number of hydrogen-bond donors (Lipinski definition) is 2. The van der Waals surface area contributed by atoms with Gasteiger partial charge in [0.1, 0.15) is 0 Å². The summed E-state index contributed by atoms with van der Waals surface area (Å²) in [6, 6.07) is 19.1. The number of benzene rings is 2. The lowest BCUT2D eigenvalue weighted by Gasteiger charge is -2.31. The van der Waals surface area contributed by atoms with Crippen LogP contribution in [0.4, 0.5) is 0 Å². The number of rotatable bonds is 4. The Morgan fingerprint density at radius 1 is 1.04 bits per heavy atom. The zero-order valence-electron chi connectivity index (χ0n) is 12.9. The molecule has 1 unspecified atom stereocenters. The Morgan fingerprint density at radius 3 is 2.26 bits per heavy atom. The number of hydrogen-bond acceptors (Lipinski definition) is 2. The topological polar surface area (TPSA) is 41.1 Å². The fourth-order valence-electron chi connectivity index (χ4n) is 2.78. The van der Waals surface area contributed by atoms with Crippen LogP contribution in [0, 0.1) is 0 Å². The van der Waals surface area contributed by atoms with E-state index >= 15 is 0 Å². The third-order valence-electron chi connectivity index (χ3n) is 3.91. The fraction of sp³-hybridized carbons (Fsp3) is 0.158. The molecule has 23 heavy (non-hydrogen) atoms. The molecule has 1 aliphatic rings. The predicted molar refractivity (Wildman–Crippen MR) is 97.1 cm³/mol. The molecule has 0 amide bonds. The van der Waals surface area contributed by atoms with Crippen LogP contribution < -0.4 is 10.6 Å². The molecule has 0 saturated carbocycles. The van der Waals surface area contributed by atoms with Gasteiger partial charge < -0.3 is 10.6 Å². The summed E-state index contributed by atoms with van der Waals surface area (Å²) in [5.74, 6) is 0.0267. The van der Waals surface area contributed by atoms with Crippen LogP contribution >= 0.6 is 12.2 Å². The van der Waals surface area contributed by atoms with Crippen molar-refractivity contribution in [2.75, 3.05) is 0 Å². The summed E-state index contributed by atoms with van der Waals surface area (Å²) in [4.78, 5) is 13.1. The summed E-state index contributed by atoms with van der Waals surface area (Å²) in [7, 11) is 0. The molecule has 1 heterocycles. The van der Waals surface area contributed by atoms with Crippen molar-refractivity contribution in [1.82, 2.24) is 10.6 Å². The number of ketones is 1. The van der Waals surface area contributed by atoms with Crippen LogP contribution in [0.3, 0.4) is 0 Å². The van der Waals surface area contributed by atoms with Crippen molar-refractivity contribution < 1.29 is 4.79 Å². The summed E-state index contributed by atoms with van der Waals surface area (Å²) in [5, 5.41) is 6.94. The van der Waals surface area contributed by atoms with Crippen molar-refractivity contribution in [3.8, 4) is 0 Å². The Balaban J connectivity index is 2.15. The van der Waals surface area contributed by atoms with E-state index in [0.717, 1.165) is 23.3 Å². The Kier molecular flexibility index (Phi) is 4.53. The zero-order chi connectivity index (χ0) is 16.2. The maximum atomic E-state index is 13.1. The van der Waals surface area contributed by atoms with Gasteiger partial charge in [0.05, 0.1) is 11.7 Å². The highest BCUT2D eigenvalue weighted by molar-refractivity contribution is 7.80. The van der Waals surface area contributed by atoms with E-state index in [4.69, 9.17) is 12.2 Å². The molecule has 0 aromatic heterocycles. The molecule has 2 aromatic carbocycles. The standard InChI is InChI=1S/C19H18N2OS/c1-2-15-16(18(22)14-11-7-4-8-12-14)17(21-19(23)20-15)13-9-5-3-6-10-13/h3-12,15H,2H2,1H3,(H2,20,21,23). The van der Waals surface area contributed by atoms with Gasteiger partial charge in [-0.05, 0) is 24.2 Å². The van der Waals surface area contributed by atoms with E-state index in [1.807, 2.05) is 67.6 Å². The second-order valence-electron chi connectivity index (χ2n) is 5.41. The van der Waals surface area contributed by atoms with Crippen LogP contribution in [0.2, 0.25) is 0 Å². The van der Waals surface area contributed by atoms with Crippen LogP contribution in [-0.4, -0.2) is 16.9 Å². The van der Waals surface area contributed by atoms with E-state index in [9.17, 15) is 4.79 Å². The smallest absolute Gasteiger partial charge is 0.193 e. The molecule has 0 saturated heterocycles. The van der Waals surface area contributed by atoms with Crippen molar-refractivity contribution in [1.29, 1.82) is 0 Å². The largest absolute Gasteiger partial charge is 0.355 e. The van der Waals surface area contributed by atoms with Gasteiger partial charge in [-0.25, -0.2) is 0 Å². The molecule has 0 spiro atoms. The van der Waals surface area contributed by atoms with Crippen molar-refractivity contribution in [2.45, 2.75) is 19.4 Å². The molecule has 2 N–H and O–H groups in total. The lowest BCUT2D eigenvalue weighted by molar-refractivity contribution is 0.102. The molecule has 4 heteroatoms. The first-order valence-corrected chi connectivity index (χ1v) is 8.08. The second kappa shape index (κ2) is 6.75. The normalized spacial score (nSPS) is 17.4.